The van der Waals surface area contributed by atoms with Gasteiger partial charge in [0.1, 0.15) is 48.8 Å². The van der Waals surface area contributed by atoms with Crippen LogP contribution in [-0.2, 0) is 23.7 Å². The molecule has 2 aliphatic rings. The molecule has 2 saturated heterocycles. The van der Waals surface area contributed by atoms with Gasteiger partial charge in [-0.1, -0.05) is 0 Å². The van der Waals surface area contributed by atoms with Gasteiger partial charge in [0.2, 0.25) is 0 Å². The van der Waals surface area contributed by atoms with Crippen molar-refractivity contribution in [1.82, 2.24) is 0 Å². The second-order valence-electron chi connectivity index (χ2n) is 7.52. The third-order valence-corrected chi connectivity index (χ3v) is 5.20. The van der Waals surface area contributed by atoms with Crippen molar-refractivity contribution in [2.45, 2.75) is 80.9 Å². The Balaban J connectivity index is 1.96. The summed E-state index contributed by atoms with van der Waals surface area (Å²) >= 11 is 0. The Morgan fingerprint density at radius 2 is 1.65 bits per heavy atom. The molecule has 13 heteroatoms. The standard InChI is InChI=1S/C18H34O13/c1-2-27-18(31-16-13(5-20)28-6-10(23)14(16)25)15(26)11(24)7-29-17-9(22)3-8(21)12(4-19)30-17/h8-26H,2-7H2,1H3/t8-,9?,10?,11?,12?,13?,14?,15?,16+,17-,18?/m0/s1. The molecule has 8 unspecified atom stereocenters. The summed E-state index contributed by atoms with van der Waals surface area (Å²) in [5, 5.41) is 79.0. The van der Waals surface area contributed by atoms with Gasteiger partial charge in [-0.3, -0.25) is 0 Å². The first-order valence-electron chi connectivity index (χ1n) is 10.2. The summed E-state index contributed by atoms with van der Waals surface area (Å²) in [4.78, 5) is 0. The molecule has 184 valence electrons. The van der Waals surface area contributed by atoms with E-state index in [0.717, 1.165) is 0 Å². The topological polar surface area (TPSA) is 208 Å². The monoisotopic (exact) mass is 458 g/mol. The Bertz CT molecular complexity index is 509. The zero-order chi connectivity index (χ0) is 23.1. The molecule has 0 radical (unpaired) electrons. The lowest BCUT2D eigenvalue weighted by molar-refractivity contribution is -0.300. The van der Waals surface area contributed by atoms with Crippen LogP contribution in [0.3, 0.4) is 0 Å². The van der Waals surface area contributed by atoms with E-state index in [1.165, 1.54) is 0 Å². The van der Waals surface area contributed by atoms with E-state index in [2.05, 4.69) is 0 Å². The molecule has 13 nitrogen and oxygen atoms in total. The fraction of sp³-hybridized carbons (Fsp3) is 1.00. The van der Waals surface area contributed by atoms with Gasteiger partial charge in [0.25, 0.3) is 0 Å². The van der Waals surface area contributed by atoms with Gasteiger partial charge >= 0.3 is 0 Å². The lowest BCUT2D eigenvalue weighted by atomic mass is 10.00. The predicted molar refractivity (Wildman–Crippen MR) is 99.5 cm³/mol. The molecular weight excluding hydrogens is 424 g/mol. The van der Waals surface area contributed by atoms with Crippen molar-refractivity contribution >= 4 is 0 Å². The molecule has 2 rings (SSSR count). The summed E-state index contributed by atoms with van der Waals surface area (Å²) in [6.45, 7) is -0.0964. The average Bonchev–Trinajstić information content (AvgIpc) is 2.75. The first-order valence-corrected chi connectivity index (χ1v) is 10.2. The van der Waals surface area contributed by atoms with Crippen LogP contribution in [0, 0.1) is 0 Å². The molecular formula is C18H34O13. The SMILES string of the molecule is CCOC(O[C@@H]1C(CO)OCC(O)C1O)C(O)C(O)CO[C@H]1OC(CO)[C@@H](O)CC1O. The molecule has 2 heterocycles. The van der Waals surface area contributed by atoms with Gasteiger partial charge in [-0.2, -0.15) is 0 Å². The van der Waals surface area contributed by atoms with Crippen molar-refractivity contribution in [3.05, 3.63) is 0 Å². The molecule has 31 heavy (non-hydrogen) atoms. The van der Waals surface area contributed by atoms with Gasteiger partial charge in [-0.25, -0.2) is 0 Å². The van der Waals surface area contributed by atoms with Crippen molar-refractivity contribution in [3.63, 3.8) is 0 Å². The summed E-state index contributed by atoms with van der Waals surface area (Å²) < 4.78 is 26.6. The second kappa shape index (κ2) is 12.6. The van der Waals surface area contributed by atoms with Gasteiger partial charge in [0.05, 0.1) is 32.5 Å². The number of aliphatic hydroxyl groups excluding tert-OH is 8. The van der Waals surface area contributed by atoms with Crippen molar-refractivity contribution in [2.24, 2.45) is 0 Å². The van der Waals surface area contributed by atoms with Gasteiger partial charge in [0.15, 0.2) is 12.6 Å². The van der Waals surface area contributed by atoms with Crippen molar-refractivity contribution < 1.29 is 64.5 Å². The van der Waals surface area contributed by atoms with Crippen LogP contribution in [0.25, 0.3) is 0 Å². The number of rotatable bonds is 11. The van der Waals surface area contributed by atoms with Crippen molar-refractivity contribution in [2.75, 3.05) is 33.0 Å². The van der Waals surface area contributed by atoms with Crippen molar-refractivity contribution in [1.29, 1.82) is 0 Å². The minimum absolute atomic E-state index is 0.0613. The maximum atomic E-state index is 10.5. The molecule has 0 aromatic rings. The van der Waals surface area contributed by atoms with E-state index in [9.17, 15) is 40.9 Å². The summed E-state index contributed by atoms with van der Waals surface area (Å²) in [6, 6.07) is 0. The van der Waals surface area contributed by atoms with Crippen LogP contribution < -0.4 is 0 Å². The molecule has 0 spiro atoms. The minimum Gasteiger partial charge on any atom is -0.394 e. The number of hydrogen-bond acceptors (Lipinski definition) is 13. The molecule has 0 aromatic heterocycles. The Labute approximate surface area is 179 Å². The van der Waals surface area contributed by atoms with Gasteiger partial charge in [0, 0.05) is 13.0 Å². The van der Waals surface area contributed by atoms with Gasteiger partial charge in [-0.15, -0.1) is 0 Å². The Morgan fingerprint density at radius 1 is 0.968 bits per heavy atom. The molecule has 11 atom stereocenters. The van der Waals surface area contributed by atoms with Crippen LogP contribution in [0.5, 0.6) is 0 Å². The first-order chi connectivity index (χ1) is 14.7. The average molecular weight is 458 g/mol. The van der Waals surface area contributed by atoms with Crippen LogP contribution in [0.4, 0.5) is 0 Å². The fourth-order valence-electron chi connectivity index (χ4n) is 3.37. The van der Waals surface area contributed by atoms with E-state index in [1.807, 2.05) is 0 Å². The normalized spacial score (nSPS) is 39.8. The van der Waals surface area contributed by atoms with Crippen LogP contribution in [0.1, 0.15) is 13.3 Å². The molecule has 2 fully saturated rings. The highest BCUT2D eigenvalue weighted by molar-refractivity contribution is 4.89. The van der Waals surface area contributed by atoms with Gasteiger partial charge in [-0.05, 0) is 6.92 Å². The molecule has 0 aliphatic carbocycles. The number of hydrogen-bond donors (Lipinski definition) is 8. The summed E-state index contributed by atoms with van der Waals surface area (Å²) in [5.41, 5.74) is 0. The number of ether oxygens (including phenoxy) is 5. The highest BCUT2D eigenvalue weighted by Gasteiger charge is 2.43. The van der Waals surface area contributed by atoms with E-state index in [1.54, 1.807) is 6.92 Å². The third-order valence-electron chi connectivity index (χ3n) is 5.20. The molecule has 2 aliphatic heterocycles. The predicted octanol–water partition coefficient (Wildman–Crippen LogP) is -4.59. The van der Waals surface area contributed by atoms with Crippen LogP contribution >= 0.6 is 0 Å². The van der Waals surface area contributed by atoms with Crippen LogP contribution in [-0.4, -0.2) is 141 Å². The maximum Gasteiger partial charge on any atom is 0.186 e. The van der Waals surface area contributed by atoms with Gasteiger partial charge < -0.3 is 64.5 Å². The zero-order valence-electron chi connectivity index (χ0n) is 17.2. The van der Waals surface area contributed by atoms with E-state index in [0.29, 0.717) is 0 Å². The van der Waals surface area contributed by atoms with Crippen LogP contribution in [0.2, 0.25) is 0 Å². The molecule has 0 bridgehead atoms. The van der Waals surface area contributed by atoms with Crippen molar-refractivity contribution in [3.8, 4) is 0 Å². The quantitative estimate of drug-likeness (QED) is 0.137. The molecule has 8 N–H and O–H groups in total. The lowest BCUT2D eigenvalue weighted by Gasteiger charge is -2.40. The summed E-state index contributed by atoms with van der Waals surface area (Å²) in [7, 11) is 0. The highest BCUT2D eigenvalue weighted by Crippen LogP contribution is 2.24. The van der Waals surface area contributed by atoms with Crippen LogP contribution in [0.15, 0.2) is 0 Å². The maximum absolute atomic E-state index is 10.5. The Hall–Kier alpha value is -0.520. The first kappa shape index (κ1) is 26.7. The minimum atomic E-state index is -1.69. The van der Waals surface area contributed by atoms with E-state index >= 15 is 0 Å². The van der Waals surface area contributed by atoms with E-state index in [4.69, 9.17) is 23.7 Å². The highest BCUT2D eigenvalue weighted by atomic mass is 16.7. The summed E-state index contributed by atoms with van der Waals surface area (Å²) in [5.74, 6) is 0. The molecule has 0 aromatic carbocycles. The Morgan fingerprint density at radius 3 is 2.26 bits per heavy atom. The fourth-order valence-corrected chi connectivity index (χ4v) is 3.37. The van der Waals surface area contributed by atoms with E-state index in [-0.39, 0.29) is 19.6 Å². The molecule has 0 saturated carbocycles. The largest absolute Gasteiger partial charge is 0.394 e. The Kier molecular flexibility index (Phi) is 10.9. The number of aliphatic hydroxyl groups is 8. The zero-order valence-corrected chi connectivity index (χ0v) is 17.2. The third kappa shape index (κ3) is 6.98. The molecule has 0 amide bonds. The lowest BCUT2D eigenvalue weighted by Crippen LogP contribution is -2.58. The summed E-state index contributed by atoms with van der Waals surface area (Å²) in [6.07, 6.45) is -14.3. The smallest absolute Gasteiger partial charge is 0.186 e. The van der Waals surface area contributed by atoms with E-state index < -0.39 is 87.3 Å². The second-order valence-corrected chi connectivity index (χ2v) is 7.52.